The third-order valence-electron chi connectivity index (χ3n) is 7.53. The number of rotatable bonds is 0. The standard InChI is InChI=1S/C25H34N2O6/c28-23-16-30-17-25(26-23)10-2-11-27-22(25)15-33-20-8-6-18(7-9-20)19-4-1-5-21(14-19)31-12-3-13-32-24(27)29/h1,4-5,14,18,20,22H,2-3,6-13,15-17H2,(H,26,28)/t18-,20+,22-,25+/m1/s1. The number of morpholine rings is 1. The van der Waals surface area contributed by atoms with Crippen molar-refractivity contribution in [3.05, 3.63) is 29.8 Å². The summed E-state index contributed by atoms with van der Waals surface area (Å²) in [6.07, 6.45) is 6.01. The fraction of sp³-hybridized carbons (Fsp3) is 0.680. The number of carbonyl (C=O) groups excluding carboxylic acids is 2. The van der Waals surface area contributed by atoms with Crippen molar-refractivity contribution >= 4 is 12.0 Å². The van der Waals surface area contributed by atoms with Crippen LogP contribution in [0, 0.1) is 0 Å². The molecule has 2 atom stereocenters. The van der Waals surface area contributed by atoms with E-state index < -0.39 is 5.54 Å². The summed E-state index contributed by atoms with van der Waals surface area (Å²) in [6, 6.07) is 8.05. The van der Waals surface area contributed by atoms with E-state index in [1.807, 2.05) is 6.07 Å². The van der Waals surface area contributed by atoms with Crippen molar-refractivity contribution in [1.82, 2.24) is 10.2 Å². The summed E-state index contributed by atoms with van der Waals surface area (Å²) in [6.45, 7) is 2.16. The lowest BCUT2D eigenvalue weighted by Crippen LogP contribution is -2.72. The number of benzene rings is 1. The van der Waals surface area contributed by atoms with E-state index in [0.29, 0.717) is 38.7 Å². The predicted octanol–water partition coefficient (Wildman–Crippen LogP) is 3.00. The SMILES string of the molecule is O=C1COC[C@]2(CCCN3C(=O)OCCCOc4cccc(c4)[C@H]4CC[C@H](CC4)OC[C@@H]32)N1. The van der Waals surface area contributed by atoms with Crippen molar-refractivity contribution in [2.45, 2.75) is 68.5 Å². The van der Waals surface area contributed by atoms with E-state index in [1.165, 1.54) is 5.56 Å². The van der Waals surface area contributed by atoms with Crippen LogP contribution in [-0.2, 0) is 19.0 Å². The number of carbonyl (C=O) groups is 2. The van der Waals surface area contributed by atoms with E-state index in [2.05, 4.69) is 23.5 Å². The average molecular weight is 459 g/mol. The van der Waals surface area contributed by atoms with Crippen LogP contribution in [-0.4, -0.2) is 74.2 Å². The maximum atomic E-state index is 13.1. The molecule has 5 aliphatic rings. The molecule has 4 aliphatic heterocycles. The van der Waals surface area contributed by atoms with Gasteiger partial charge in [0, 0.05) is 13.0 Å². The molecule has 4 heterocycles. The van der Waals surface area contributed by atoms with Gasteiger partial charge in [-0.3, -0.25) is 4.79 Å². The van der Waals surface area contributed by atoms with Gasteiger partial charge in [0.05, 0.1) is 44.1 Å². The smallest absolute Gasteiger partial charge is 0.410 e. The molecule has 1 aromatic rings. The van der Waals surface area contributed by atoms with E-state index in [9.17, 15) is 9.59 Å². The van der Waals surface area contributed by atoms with Gasteiger partial charge in [-0.1, -0.05) is 12.1 Å². The van der Waals surface area contributed by atoms with Gasteiger partial charge in [0.2, 0.25) is 5.91 Å². The van der Waals surface area contributed by atoms with E-state index >= 15 is 0 Å². The van der Waals surface area contributed by atoms with Crippen LogP contribution >= 0.6 is 0 Å². The number of ether oxygens (including phenoxy) is 4. The van der Waals surface area contributed by atoms with Crippen LogP contribution < -0.4 is 10.1 Å². The Hall–Kier alpha value is -2.32. The number of amides is 2. The van der Waals surface area contributed by atoms with E-state index in [4.69, 9.17) is 18.9 Å². The zero-order valence-corrected chi connectivity index (χ0v) is 19.1. The molecule has 2 amide bonds. The molecule has 0 radical (unpaired) electrons. The maximum absolute atomic E-state index is 13.1. The molecule has 0 unspecified atom stereocenters. The highest BCUT2D eigenvalue weighted by Crippen LogP contribution is 2.37. The van der Waals surface area contributed by atoms with Crippen molar-refractivity contribution in [2.24, 2.45) is 0 Å². The van der Waals surface area contributed by atoms with Crippen LogP contribution in [0.5, 0.6) is 5.75 Å². The van der Waals surface area contributed by atoms with Crippen LogP contribution in [0.2, 0.25) is 0 Å². The molecule has 33 heavy (non-hydrogen) atoms. The second-order valence-corrected chi connectivity index (χ2v) is 9.71. The monoisotopic (exact) mass is 458 g/mol. The van der Waals surface area contributed by atoms with E-state index in [1.54, 1.807) is 4.90 Å². The van der Waals surface area contributed by atoms with Crippen molar-refractivity contribution in [3.63, 3.8) is 0 Å². The molecule has 0 aromatic heterocycles. The minimum atomic E-state index is -0.630. The summed E-state index contributed by atoms with van der Waals surface area (Å²) >= 11 is 0. The van der Waals surface area contributed by atoms with Gasteiger partial charge in [-0.15, -0.1) is 0 Å². The first-order chi connectivity index (χ1) is 16.1. The molecule has 180 valence electrons. The molecule has 1 N–H and O–H groups in total. The number of hydrogen-bond donors (Lipinski definition) is 1. The Labute approximate surface area is 194 Å². The Kier molecular flexibility index (Phi) is 6.74. The van der Waals surface area contributed by atoms with Crippen molar-refractivity contribution in [1.29, 1.82) is 0 Å². The quantitative estimate of drug-likeness (QED) is 0.643. The molecule has 1 aromatic carbocycles. The third-order valence-corrected chi connectivity index (χ3v) is 7.53. The Morgan fingerprint density at radius 1 is 1.03 bits per heavy atom. The number of piperidine rings is 1. The van der Waals surface area contributed by atoms with Crippen LogP contribution in [0.15, 0.2) is 24.3 Å². The highest BCUT2D eigenvalue weighted by molar-refractivity contribution is 5.79. The van der Waals surface area contributed by atoms with Crippen molar-refractivity contribution in [3.8, 4) is 5.75 Å². The third kappa shape index (κ3) is 4.96. The number of fused-ring (bicyclic) bond motifs is 8. The Morgan fingerprint density at radius 2 is 1.88 bits per heavy atom. The fourth-order valence-electron chi connectivity index (χ4n) is 5.78. The summed E-state index contributed by atoms with van der Waals surface area (Å²) < 4.78 is 23.6. The molecular weight excluding hydrogens is 424 g/mol. The van der Waals surface area contributed by atoms with E-state index in [-0.39, 0.29) is 37.4 Å². The van der Waals surface area contributed by atoms with Crippen LogP contribution in [0.3, 0.4) is 0 Å². The molecule has 8 nitrogen and oxygen atoms in total. The van der Waals surface area contributed by atoms with Gasteiger partial charge in [-0.2, -0.15) is 0 Å². The van der Waals surface area contributed by atoms with Gasteiger partial charge in [0.15, 0.2) is 0 Å². The molecular formula is C25H34N2O6. The lowest BCUT2D eigenvalue weighted by atomic mass is 9.80. The van der Waals surface area contributed by atoms with Crippen LogP contribution in [0.25, 0.3) is 0 Å². The van der Waals surface area contributed by atoms with Gasteiger partial charge < -0.3 is 29.2 Å². The molecule has 8 heteroatoms. The largest absolute Gasteiger partial charge is 0.493 e. The molecule has 6 rings (SSSR count). The van der Waals surface area contributed by atoms with Gasteiger partial charge in [0.1, 0.15) is 12.4 Å². The van der Waals surface area contributed by atoms with Crippen LogP contribution in [0.4, 0.5) is 4.79 Å². The minimum Gasteiger partial charge on any atom is -0.493 e. The Bertz CT molecular complexity index is 851. The molecule has 2 saturated heterocycles. The summed E-state index contributed by atoms with van der Waals surface area (Å²) in [5.41, 5.74) is 0.691. The molecule has 1 spiro atoms. The topological polar surface area (TPSA) is 86.3 Å². The summed E-state index contributed by atoms with van der Waals surface area (Å²) in [5, 5.41) is 3.15. The zero-order chi connectivity index (χ0) is 22.7. The summed E-state index contributed by atoms with van der Waals surface area (Å²) in [7, 11) is 0. The summed E-state index contributed by atoms with van der Waals surface area (Å²) in [4.78, 5) is 27.0. The highest BCUT2D eigenvalue weighted by atomic mass is 16.6. The number of nitrogens with one attached hydrogen (secondary N) is 1. The van der Waals surface area contributed by atoms with Crippen molar-refractivity contribution < 1.29 is 28.5 Å². The molecule has 1 saturated carbocycles. The van der Waals surface area contributed by atoms with Gasteiger partial charge in [-0.05, 0) is 62.1 Å². The molecule has 4 bridgehead atoms. The molecule has 1 aliphatic carbocycles. The first-order valence-corrected chi connectivity index (χ1v) is 12.3. The second kappa shape index (κ2) is 9.89. The predicted molar refractivity (Wildman–Crippen MR) is 120 cm³/mol. The maximum Gasteiger partial charge on any atom is 0.410 e. The fourth-order valence-corrected chi connectivity index (χ4v) is 5.78. The lowest BCUT2D eigenvalue weighted by molar-refractivity contribution is -0.144. The Morgan fingerprint density at radius 3 is 2.73 bits per heavy atom. The first kappa shape index (κ1) is 22.5. The van der Waals surface area contributed by atoms with E-state index in [0.717, 1.165) is 44.3 Å². The lowest BCUT2D eigenvalue weighted by Gasteiger charge is -2.51. The van der Waals surface area contributed by atoms with Gasteiger partial charge in [-0.25, -0.2) is 4.79 Å². The molecule has 3 fully saturated rings. The number of hydrogen-bond acceptors (Lipinski definition) is 6. The van der Waals surface area contributed by atoms with Gasteiger partial charge in [0.25, 0.3) is 0 Å². The second-order valence-electron chi connectivity index (χ2n) is 9.71. The normalized spacial score (nSPS) is 33.5. The average Bonchev–Trinajstić information content (AvgIpc) is 2.83. The van der Waals surface area contributed by atoms with Crippen molar-refractivity contribution in [2.75, 3.05) is 39.6 Å². The minimum absolute atomic E-state index is 0.0600. The highest BCUT2D eigenvalue weighted by Gasteiger charge is 2.50. The first-order valence-electron chi connectivity index (χ1n) is 12.3. The zero-order valence-electron chi connectivity index (χ0n) is 19.1. The Balaban J connectivity index is 1.36. The summed E-state index contributed by atoms with van der Waals surface area (Å²) in [5.74, 6) is 1.24. The van der Waals surface area contributed by atoms with Gasteiger partial charge >= 0.3 is 6.09 Å². The van der Waals surface area contributed by atoms with Crippen LogP contribution in [0.1, 0.15) is 56.4 Å². The number of nitrogens with zero attached hydrogens (tertiary/aromatic N) is 1.